The van der Waals surface area contributed by atoms with E-state index in [1.54, 1.807) is 0 Å². The number of fused-ring (bicyclic) bond motifs is 18. The quantitative estimate of drug-likeness (QED) is 0.102. The zero-order valence-electron chi connectivity index (χ0n) is 68.9. The minimum Gasteiger partial charge on any atom is -0.456 e. The van der Waals surface area contributed by atoms with Gasteiger partial charge in [0.05, 0.1) is 0 Å². The molecule has 8 heteroatoms. The number of para-hydroxylation sites is 4. The summed E-state index contributed by atoms with van der Waals surface area (Å²) in [6, 6.07) is 158. The van der Waals surface area contributed by atoms with Gasteiger partial charge in [-0.05, 0) is 229 Å². The lowest BCUT2D eigenvalue weighted by atomic mass is 9.93. The predicted molar refractivity (Wildman–Crippen MR) is 540 cm³/mol. The van der Waals surface area contributed by atoms with Gasteiger partial charge in [0, 0.05) is 134 Å². The number of furan rings is 4. The van der Waals surface area contributed by atoms with Crippen molar-refractivity contribution in [3.63, 3.8) is 0 Å². The Balaban J connectivity index is 0.537. The Labute approximate surface area is 743 Å². The summed E-state index contributed by atoms with van der Waals surface area (Å²) in [6.45, 7) is 0. The zero-order chi connectivity index (χ0) is 84.0. The van der Waals surface area contributed by atoms with Crippen LogP contribution >= 0.6 is 22.7 Å². The highest BCUT2D eigenvalue weighted by molar-refractivity contribution is 7.26. The topological polar surface area (TPSA) is 59.0 Å². The Bertz CT molecular complexity index is 8900. The summed E-state index contributed by atoms with van der Waals surface area (Å²) in [6.07, 6.45) is 0. The maximum atomic E-state index is 7.17. The number of anilines is 6. The van der Waals surface area contributed by atoms with E-state index in [4.69, 9.17) is 17.7 Å². The molecule has 598 valence electrons. The fourth-order valence-electron chi connectivity index (χ4n) is 19.9. The van der Waals surface area contributed by atoms with E-state index in [9.17, 15) is 0 Å². The minimum absolute atomic E-state index is 0.847. The molecule has 20 aromatic carbocycles. The summed E-state index contributed by atoms with van der Waals surface area (Å²) in [5.41, 5.74) is 33.6. The van der Waals surface area contributed by atoms with Crippen molar-refractivity contribution in [1.29, 1.82) is 0 Å². The SMILES string of the molecule is c1ccc(-c2ccc(-c3ccc(-c4ccc(N(c5ccc(-c6cccc7sc8ccccc8c67)cc5)c5ccc(-c6ccc(-c7cccc8c7sc7cccc(-c9ccc(N(c%10ccc(-c%11ccc%12oc%13ccccc%13c%12c%11)cc%10)c%10ccc(-c%11cccc%12oc%13ccccc%13c%11%12)cc%10)cc9)c78)c7oc8ccccc8c67)cc5)cc4)cc3)c3c2oc2ccccc23)cc1. The van der Waals surface area contributed by atoms with Crippen molar-refractivity contribution in [2.45, 2.75) is 0 Å². The average molecular weight is 1670 g/mol. The van der Waals surface area contributed by atoms with E-state index in [1.165, 1.54) is 57.0 Å². The summed E-state index contributed by atoms with van der Waals surface area (Å²) >= 11 is 3.70. The normalized spacial score (nSPS) is 11.9. The van der Waals surface area contributed by atoms with Crippen molar-refractivity contribution in [2.24, 2.45) is 0 Å². The van der Waals surface area contributed by atoms with Crippen LogP contribution in [-0.2, 0) is 0 Å². The first-order valence-corrected chi connectivity index (χ1v) is 45.0. The molecule has 0 radical (unpaired) electrons. The number of hydrogen-bond donors (Lipinski definition) is 0. The van der Waals surface area contributed by atoms with Crippen LogP contribution in [0.4, 0.5) is 34.1 Å². The van der Waals surface area contributed by atoms with Crippen molar-refractivity contribution < 1.29 is 17.7 Å². The van der Waals surface area contributed by atoms with Crippen molar-refractivity contribution >= 4 is 185 Å². The van der Waals surface area contributed by atoms with Gasteiger partial charge in [0.1, 0.15) is 44.7 Å². The second-order valence-electron chi connectivity index (χ2n) is 33.1. The third-order valence-electron chi connectivity index (χ3n) is 26.0. The van der Waals surface area contributed by atoms with Crippen LogP contribution in [0.2, 0.25) is 0 Å². The van der Waals surface area contributed by atoms with Crippen molar-refractivity contribution in [1.82, 2.24) is 0 Å². The molecule has 0 atom stereocenters. The average Bonchev–Trinajstić information content (AvgIpc) is 1.57. The van der Waals surface area contributed by atoms with Gasteiger partial charge >= 0.3 is 0 Å². The molecule has 128 heavy (non-hydrogen) atoms. The molecular formula is C120H72N2O4S2. The van der Waals surface area contributed by atoms with Crippen molar-refractivity contribution in [2.75, 3.05) is 9.80 Å². The molecule has 0 saturated heterocycles. The lowest BCUT2D eigenvalue weighted by molar-refractivity contribution is 0.668. The molecule has 26 aromatic rings. The Kier molecular flexibility index (Phi) is 17.0. The molecule has 0 N–H and O–H groups in total. The fraction of sp³-hybridized carbons (Fsp3) is 0. The van der Waals surface area contributed by atoms with Crippen LogP contribution in [-0.4, -0.2) is 0 Å². The van der Waals surface area contributed by atoms with E-state index in [2.05, 4.69) is 416 Å². The van der Waals surface area contributed by atoms with Crippen LogP contribution in [0, 0.1) is 0 Å². The van der Waals surface area contributed by atoms with Gasteiger partial charge in [0.25, 0.3) is 0 Å². The molecule has 6 heterocycles. The van der Waals surface area contributed by atoms with Gasteiger partial charge in [0.2, 0.25) is 0 Å². The van der Waals surface area contributed by atoms with Crippen LogP contribution in [0.3, 0.4) is 0 Å². The third-order valence-corrected chi connectivity index (χ3v) is 28.3. The molecule has 26 rings (SSSR count). The summed E-state index contributed by atoms with van der Waals surface area (Å²) in [4.78, 5) is 4.74. The number of hydrogen-bond acceptors (Lipinski definition) is 8. The van der Waals surface area contributed by atoms with E-state index in [0.29, 0.717) is 0 Å². The molecule has 6 aromatic heterocycles. The van der Waals surface area contributed by atoms with E-state index in [1.807, 2.05) is 53.0 Å². The lowest BCUT2D eigenvalue weighted by Gasteiger charge is -2.26. The maximum absolute atomic E-state index is 7.17. The highest BCUT2D eigenvalue weighted by atomic mass is 32.1. The second-order valence-corrected chi connectivity index (χ2v) is 35.3. The summed E-state index contributed by atoms with van der Waals surface area (Å²) in [5, 5.41) is 13.9. The molecule has 0 aliphatic rings. The molecule has 0 saturated carbocycles. The van der Waals surface area contributed by atoms with Crippen LogP contribution in [0.15, 0.2) is 454 Å². The van der Waals surface area contributed by atoms with Crippen LogP contribution in [0.25, 0.3) is 228 Å². The molecule has 0 unspecified atom stereocenters. The van der Waals surface area contributed by atoms with Gasteiger partial charge in [-0.2, -0.15) is 0 Å². The van der Waals surface area contributed by atoms with E-state index in [0.717, 1.165) is 205 Å². The molecule has 0 fully saturated rings. The van der Waals surface area contributed by atoms with E-state index in [-0.39, 0.29) is 0 Å². The Hall–Kier alpha value is -16.4. The Morgan fingerprint density at radius 3 is 1.01 bits per heavy atom. The largest absolute Gasteiger partial charge is 0.456 e. The first-order valence-electron chi connectivity index (χ1n) is 43.4. The summed E-state index contributed by atoms with van der Waals surface area (Å²) in [7, 11) is 0. The molecule has 0 spiro atoms. The van der Waals surface area contributed by atoms with E-state index < -0.39 is 0 Å². The molecular weight excluding hydrogens is 1600 g/mol. The Morgan fingerprint density at radius 1 is 0.156 bits per heavy atom. The van der Waals surface area contributed by atoms with Crippen LogP contribution in [0.5, 0.6) is 0 Å². The maximum Gasteiger partial charge on any atom is 0.143 e. The van der Waals surface area contributed by atoms with Crippen LogP contribution < -0.4 is 9.80 Å². The second kappa shape index (κ2) is 29.7. The van der Waals surface area contributed by atoms with Crippen molar-refractivity contribution in [3.8, 4) is 100 Å². The molecule has 0 aliphatic carbocycles. The first kappa shape index (κ1) is 73.2. The first-order chi connectivity index (χ1) is 63.4. The lowest BCUT2D eigenvalue weighted by Crippen LogP contribution is -2.09. The predicted octanol–water partition coefficient (Wildman–Crippen LogP) is 36.0. The van der Waals surface area contributed by atoms with E-state index >= 15 is 0 Å². The highest BCUT2D eigenvalue weighted by Gasteiger charge is 2.26. The zero-order valence-corrected chi connectivity index (χ0v) is 70.5. The number of thiophene rings is 2. The molecule has 6 nitrogen and oxygen atoms in total. The smallest absolute Gasteiger partial charge is 0.143 e. The number of benzene rings is 20. The standard InChI is InChI=1S/C120H72N2O4S2/c1-2-18-76(19-3-1)94-69-67-92(116-99-22-6-11-32-106(99)125-118(94)116)77-40-38-73(39-41-77)74-42-55-83(56-43-74)121(86-61-48-79(49-62-86)90-26-16-36-111-114(90)101-24-8-13-35-110(101)127-111)88-65-52-81(53-66-88)93-68-70-96(119-117(93)100-23-7-12-33-107(100)126-119)97-28-14-29-102-115-91(27-17-37-112(115)128-120(97)102)80-50-63-87(64-51-80)122(84-57-44-75(45-58-84)82-54-71-108-103(72-82)95-20-4-9-30-104(95)123-108)85-59-46-78(47-60-85)89-25-15-34-109-113(89)98-21-5-10-31-105(98)124-109/h1-72H. The minimum atomic E-state index is 0.847. The Morgan fingerprint density at radius 2 is 0.469 bits per heavy atom. The number of nitrogens with zero attached hydrogens (tertiary/aromatic N) is 2. The van der Waals surface area contributed by atoms with Crippen molar-refractivity contribution in [3.05, 3.63) is 437 Å². The monoisotopic (exact) mass is 1670 g/mol. The number of rotatable bonds is 15. The van der Waals surface area contributed by atoms with Gasteiger partial charge < -0.3 is 27.5 Å². The van der Waals surface area contributed by atoms with Gasteiger partial charge in [0.15, 0.2) is 0 Å². The molecule has 0 aliphatic heterocycles. The van der Waals surface area contributed by atoms with Gasteiger partial charge in [-0.3, -0.25) is 0 Å². The van der Waals surface area contributed by atoms with Gasteiger partial charge in [-0.15, -0.1) is 22.7 Å². The fourth-order valence-corrected chi connectivity index (χ4v) is 22.3. The third kappa shape index (κ3) is 12.1. The van der Waals surface area contributed by atoms with Gasteiger partial charge in [-0.25, -0.2) is 0 Å². The summed E-state index contributed by atoms with van der Waals surface area (Å²) in [5.74, 6) is 0. The molecule has 0 bridgehead atoms. The highest BCUT2D eigenvalue weighted by Crippen LogP contribution is 2.52. The van der Waals surface area contributed by atoms with Crippen LogP contribution in [0.1, 0.15) is 0 Å². The van der Waals surface area contributed by atoms with Gasteiger partial charge in [-0.1, -0.05) is 291 Å². The summed E-state index contributed by atoms with van der Waals surface area (Å²) < 4.78 is 31.5. The molecule has 0 amide bonds.